The fraction of sp³-hybridized carbons (Fsp3) is 0.182. The molecular weight excluding hydrogens is 224 g/mol. The van der Waals surface area contributed by atoms with E-state index in [2.05, 4.69) is 9.97 Å². The van der Waals surface area contributed by atoms with Crippen molar-refractivity contribution < 1.29 is 9.21 Å². The number of rotatable bonds is 3. The largest absolute Gasteiger partial charge is 0.446 e. The molecule has 0 aromatic carbocycles. The first-order valence-corrected chi connectivity index (χ1v) is 5.55. The Kier molecular flexibility index (Phi) is 3.05. The van der Waals surface area contributed by atoms with Crippen molar-refractivity contribution in [3.63, 3.8) is 0 Å². The number of carbonyl (C=O) groups excluding carboxylic acids is 1. The van der Waals surface area contributed by atoms with Crippen LogP contribution >= 0.6 is 11.8 Å². The maximum absolute atomic E-state index is 11.0. The first-order chi connectivity index (χ1) is 7.65. The Bertz CT molecular complexity index is 522. The molecule has 0 fully saturated rings. The van der Waals surface area contributed by atoms with E-state index in [1.54, 1.807) is 18.3 Å². The summed E-state index contributed by atoms with van der Waals surface area (Å²) in [5, 5.41) is 1.24. The van der Waals surface area contributed by atoms with Crippen LogP contribution in [0.25, 0.3) is 0 Å². The molecule has 0 unspecified atom stereocenters. The van der Waals surface area contributed by atoms with Gasteiger partial charge >= 0.3 is 0 Å². The normalized spacial score (nSPS) is 10.4. The number of nitrogens with zero attached hydrogens (tertiary/aromatic N) is 2. The first-order valence-electron chi connectivity index (χ1n) is 4.73. The quantitative estimate of drug-likeness (QED) is 0.603. The Morgan fingerprint density at radius 1 is 1.38 bits per heavy atom. The van der Waals surface area contributed by atoms with Gasteiger partial charge in [-0.2, -0.15) is 0 Å². The van der Waals surface area contributed by atoms with Crippen molar-refractivity contribution >= 4 is 17.5 Å². The van der Waals surface area contributed by atoms with Crippen LogP contribution in [0.5, 0.6) is 0 Å². The number of hydrogen-bond acceptors (Lipinski definition) is 5. The van der Waals surface area contributed by atoms with Crippen molar-refractivity contribution in [2.45, 2.75) is 24.1 Å². The fourth-order valence-corrected chi connectivity index (χ4v) is 1.88. The maximum atomic E-state index is 11.0. The van der Waals surface area contributed by atoms with Gasteiger partial charge in [0.2, 0.25) is 0 Å². The molecule has 0 amide bonds. The molecule has 0 bridgehead atoms. The molecular formula is C11H10N2O2S. The van der Waals surface area contributed by atoms with E-state index < -0.39 is 0 Å². The van der Waals surface area contributed by atoms with Crippen LogP contribution in [-0.2, 0) is 0 Å². The van der Waals surface area contributed by atoms with E-state index in [4.69, 9.17) is 4.42 Å². The second-order valence-electron chi connectivity index (χ2n) is 3.26. The van der Waals surface area contributed by atoms with Crippen molar-refractivity contribution in [3.05, 3.63) is 35.9 Å². The van der Waals surface area contributed by atoms with Gasteiger partial charge < -0.3 is 4.42 Å². The molecule has 2 rings (SSSR count). The first kappa shape index (κ1) is 10.9. The van der Waals surface area contributed by atoms with Crippen LogP contribution in [0, 0.1) is 6.92 Å². The zero-order valence-electron chi connectivity index (χ0n) is 8.93. The van der Waals surface area contributed by atoms with Crippen molar-refractivity contribution in [1.82, 2.24) is 9.97 Å². The number of ketones is 1. The fourth-order valence-electron chi connectivity index (χ4n) is 1.13. The summed E-state index contributed by atoms with van der Waals surface area (Å²) < 4.78 is 5.32. The number of Topliss-reactive ketones (excluding diaryl/α,β-unsaturated/α-hetero) is 1. The third kappa shape index (κ3) is 2.49. The highest BCUT2D eigenvalue weighted by atomic mass is 32.2. The predicted molar refractivity (Wildman–Crippen MR) is 59.6 cm³/mol. The van der Waals surface area contributed by atoms with Crippen molar-refractivity contribution in [1.29, 1.82) is 0 Å². The average molecular weight is 234 g/mol. The zero-order chi connectivity index (χ0) is 11.5. The van der Waals surface area contributed by atoms with E-state index in [1.807, 2.05) is 13.0 Å². The standard InChI is InChI=1S/C11H10N2O2S/c1-7-5-6-12-11(13-7)16-10-4-3-9(15-10)8(2)14/h3-6H,1-2H3. The monoisotopic (exact) mass is 234 g/mol. The Hall–Kier alpha value is -1.62. The zero-order valence-corrected chi connectivity index (χ0v) is 9.75. The predicted octanol–water partition coefficient (Wildman–Crippen LogP) is 2.73. The summed E-state index contributed by atoms with van der Waals surface area (Å²) in [6, 6.07) is 5.22. The van der Waals surface area contributed by atoms with Gasteiger partial charge in [0.15, 0.2) is 21.8 Å². The summed E-state index contributed by atoms with van der Waals surface area (Å²) in [6.07, 6.45) is 1.69. The molecule has 0 atom stereocenters. The third-order valence-electron chi connectivity index (χ3n) is 1.89. The number of furan rings is 1. The molecule has 0 spiro atoms. The Morgan fingerprint density at radius 2 is 2.19 bits per heavy atom. The molecule has 82 valence electrons. The van der Waals surface area contributed by atoms with E-state index in [-0.39, 0.29) is 5.78 Å². The van der Waals surface area contributed by atoms with Crippen LogP contribution in [0.1, 0.15) is 23.2 Å². The summed E-state index contributed by atoms with van der Waals surface area (Å²) in [5.41, 5.74) is 0.899. The highest BCUT2D eigenvalue weighted by Crippen LogP contribution is 2.26. The van der Waals surface area contributed by atoms with Gasteiger partial charge in [0.25, 0.3) is 0 Å². The summed E-state index contributed by atoms with van der Waals surface area (Å²) >= 11 is 1.30. The van der Waals surface area contributed by atoms with Crippen molar-refractivity contribution in [2.75, 3.05) is 0 Å². The van der Waals surface area contributed by atoms with Gasteiger partial charge in [-0.1, -0.05) is 0 Å². The van der Waals surface area contributed by atoms with Crippen LogP contribution in [0.4, 0.5) is 0 Å². The summed E-state index contributed by atoms with van der Waals surface area (Å²) in [4.78, 5) is 19.4. The Morgan fingerprint density at radius 3 is 2.81 bits per heavy atom. The lowest BCUT2D eigenvalue weighted by molar-refractivity contribution is 0.0982. The van der Waals surface area contributed by atoms with Gasteiger partial charge in [-0.15, -0.1) is 0 Å². The van der Waals surface area contributed by atoms with Gasteiger partial charge in [-0.05, 0) is 36.9 Å². The van der Waals surface area contributed by atoms with E-state index in [9.17, 15) is 4.79 Å². The molecule has 5 heteroatoms. The van der Waals surface area contributed by atoms with Crippen LogP contribution in [0.3, 0.4) is 0 Å². The smallest absolute Gasteiger partial charge is 0.195 e. The maximum Gasteiger partial charge on any atom is 0.195 e. The topological polar surface area (TPSA) is 56.0 Å². The van der Waals surface area contributed by atoms with Gasteiger partial charge in [-0.3, -0.25) is 4.79 Å². The molecule has 4 nitrogen and oxygen atoms in total. The molecule has 0 aliphatic carbocycles. The van der Waals surface area contributed by atoms with Gasteiger partial charge in [0, 0.05) is 18.8 Å². The average Bonchev–Trinajstić information content (AvgIpc) is 2.66. The van der Waals surface area contributed by atoms with Crippen molar-refractivity contribution in [2.24, 2.45) is 0 Å². The number of carbonyl (C=O) groups is 1. The van der Waals surface area contributed by atoms with Gasteiger partial charge in [0.05, 0.1) is 0 Å². The molecule has 2 heterocycles. The molecule has 0 N–H and O–H groups in total. The van der Waals surface area contributed by atoms with E-state index >= 15 is 0 Å². The highest BCUT2D eigenvalue weighted by molar-refractivity contribution is 7.99. The van der Waals surface area contributed by atoms with E-state index in [0.717, 1.165) is 5.69 Å². The molecule has 0 aliphatic rings. The van der Waals surface area contributed by atoms with Gasteiger partial charge in [0.1, 0.15) is 0 Å². The minimum absolute atomic E-state index is 0.0861. The third-order valence-corrected chi connectivity index (χ3v) is 2.69. The number of aromatic nitrogens is 2. The van der Waals surface area contributed by atoms with Crippen LogP contribution < -0.4 is 0 Å². The second kappa shape index (κ2) is 4.49. The number of aryl methyl sites for hydroxylation is 1. The molecule has 2 aromatic rings. The molecule has 2 aromatic heterocycles. The second-order valence-corrected chi connectivity index (χ2v) is 4.23. The summed E-state index contributed by atoms with van der Waals surface area (Å²) in [7, 11) is 0. The minimum atomic E-state index is -0.0861. The number of hydrogen-bond donors (Lipinski definition) is 0. The molecule has 0 radical (unpaired) electrons. The van der Waals surface area contributed by atoms with Crippen LogP contribution in [0.2, 0.25) is 0 Å². The molecule has 0 saturated carbocycles. The minimum Gasteiger partial charge on any atom is -0.446 e. The van der Waals surface area contributed by atoms with Crippen molar-refractivity contribution in [3.8, 4) is 0 Å². The van der Waals surface area contributed by atoms with Gasteiger partial charge in [-0.25, -0.2) is 9.97 Å². The SMILES string of the molecule is CC(=O)c1ccc(Sc2nccc(C)n2)o1. The van der Waals surface area contributed by atoms with E-state index in [1.165, 1.54) is 18.7 Å². The molecule has 0 aliphatic heterocycles. The van der Waals surface area contributed by atoms with Crippen LogP contribution in [0.15, 0.2) is 39.1 Å². The summed E-state index contributed by atoms with van der Waals surface area (Å²) in [6.45, 7) is 3.37. The Balaban J connectivity index is 2.17. The van der Waals surface area contributed by atoms with Crippen LogP contribution in [-0.4, -0.2) is 15.8 Å². The lowest BCUT2D eigenvalue weighted by Gasteiger charge is -1.96. The highest BCUT2D eigenvalue weighted by Gasteiger charge is 2.08. The Labute approximate surface area is 97.1 Å². The van der Waals surface area contributed by atoms with E-state index in [0.29, 0.717) is 16.0 Å². The lowest BCUT2D eigenvalue weighted by atomic mass is 10.3. The molecule has 16 heavy (non-hydrogen) atoms. The molecule has 0 saturated heterocycles. The lowest BCUT2D eigenvalue weighted by Crippen LogP contribution is -1.87. The summed E-state index contributed by atoms with van der Waals surface area (Å²) in [5.74, 6) is 0.271.